The molecule has 0 aliphatic rings. The van der Waals surface area contributed by atoms with E-state index in [9.17, 15) is 9.59 Å². The largest absolute Gasteiger partial charge is 0.349 e. The van der Waals surface area contributed by atoms with Crippen molar-refractivity contribution in [2.75, 3.05) is 28.2 Å². The molecule has 0 bridgehead atoms. The summed E-state index contributed by atoms with van der Waals surface area (Å²) >= 11 is 0. The molecule has 4 nitrogen and oxygen atoms in total. The van der Waals surface area contributed by atoms with Crippen molar-refractivity contribution in [2.24, 2.45) is 0 Å². The summed E-state index contributed by atoms with van der Waals surface area (Å²) in [6.07, 6.45) is 1.53. The maximum atomic E-state index is 11.1. The Morgan fingerprint density at radius 3 is 1.38 bits per heavy atom. The molecule has 0 atom stereocenters. The van der Waals surface area contributed by atoms with E-state index in [1.165, 1.54) is 0 Å². The molecule has 0 aromatic carbocycles. The van der Waals surface area contributed by atoms with Crippen LogP contribution in [0.5, 0.6) is 0 Å². The summed E-state index contributed by atoms with van der Waals surface area (Å²) < 4.78 is 0. The number of carbonyl (C=O) groups is 2. The van der Waals surface area contributed by atoms with Gasteiger partial charge in [0.15, 0.2) is 0 Å². The van der Waals surface area contributed by atoms with Crippen LogP contribution in [0.1, 0.15) is 19.3 Å². The molecular weight excluding hydrogens is 168 g/mol. The lowest BCUT2D eigenvalue weighted by Crippen LogP contribution is -2.24. The van der Waals surface area contributed by atoms with E-state index < -0.39 is 0 Å². The van der Waals surface area contributed by atoms with Crippen molar-refractivity contribution in [2.45, 2.75) is 19.3 Å². The fraction of sp³-hybridized carbons (Fsp3) is 0.778. The van der Waals surface area contributed by atoms with E-state index in [2.05, 4.69) is 0 Å². The zero-order chi connectivity index (χ0) is 10.4. The summed E-state index contributed by atoms with van der Waals surface area (Å²) in [6, 6.07) is 0. The van der Waals surface area contributed by atoms with Gasteiger partial charge in [-0.2, -0.15) is 0 Å². The second-order valence-electron chi connectivity index (χ2n) is 3.43. The Morgan fingerprint density at radius 2 is 1.15 bits per heavy atom. The zero-order valence-corrected chi connectivity index (χ0v) is 8.83. The topological polar surface area (TPSA) is 40.6 Å². The minimum Gasteiger partial charge on any atom is -0.349 e. The molecule has 0 aliphatic carbocycles. The first-order chi connectivity index (χ1) is 5.95. The average molecular weight is 186 g/mol. The minimum atomic E-state index is 0.0755. The third-order valence-corrected chi connectivity index (χ3v) is 1.78. The second-order valence-corrected chi connectivity index (χ2v) is 3.43. The van der Waals surface area contributed by atoms with Gasteiger partial charge in [-0.1, -0.05) is 0 Å². The van der Waals surface area contributed by atoms with Crippen LogP contribution in [0.2, 0.25) is 0 Å². The van der Waals surface area contributed by atoms with Gasteiger partial charge in [-0.15, -0.1) is 0 Å². The fourth-order valence-electron chi connectivity index (χ4n) is 0.838. The highest BCUT2D eigenvalue weighted by Crippen LogP contribution is 2.00. The highest BCUT2D eigenvalue weighted by molar-refractivity contribution is 5.78. The smallest absolute Gasteiger partial charge is 0.222 e. The molecule has 0 fully saturated rings. The van der Waals surface area contributed by atoms with Gasteiger partial charge in [0, 0.05) is 41.0 Å². The first-order valence-electron chi connectivity index (χ1n) is 4.35. The van der Waals surface area contributed by atoms with Crippen LogP contribution in [0.15, 0.2) is 0 Å². The molecule has 0 N–H and O–H groups in total. The Morgan fingerprint density at radius 1 is 0.846 bits per heavy atom. The van der Waals surface area contributed by atoms with Crippen molar-refractivity contribution in [1.82, 2.24) is 9.80 Å². The molecule has 13 heavy (non-hydrogen) atoms. The molecule has 0 aliphatic heterocycles. The van der Waals surface area contributed by atoms with Crippen molar-refractivity contribution in [1.29, 1.82) is 0 Å². The van der Waals surface area contributed by atoms with Crippen LogP contribution in [0.25, 0.3) is 0 Å². The maximum absolute atomic E-state index is 11.1. The Bertz CT molecular complexity index is 168. The molecule has 0 radical (unpaired) electrons. The van der Waals surface area contributed by atoms with Gasteiger partial charge in [0.1, 0.15) is 0 Å². The molecular formula is C9H18N2O2. The van der Waals surface area contributed by atoms with Crippen molar-refractivity contribution in [3.63, 3.8) is 0 Å². The summed E-state index contributed by atoms with van der Waals surface area (Å²) in [5.41, 5.74) is 0. The van der Waals surface area contributed by atoms with E-state index in [-0.39, 0.29) is 11.8 Å². The van der Waals surface area contributed by atoms with E-state index >= 15 is 0 Å². The number of hydrogen-bond acceptors (Lipinski definition) is 2. The van der Waals surface area contributed by atoms with Gasteiger partial charge in [-0.25, -0.2) is 0 Å². The Labute approximate surface area is 79.5 Å². The van der Waals surface area contributed by atoms with Gasteiger partial charge in [0.2, 0.25) is 11.8 Å². The predicted molar refractivity (Wildman–Crippen MR) is 51.2 cm³/mol. The van der Waals surface area contributed by atoms with Crippen molar-refractivity contribution in [3.8, 4) is 0 Å². The number of amides is 2. The fourth-order valence-corrected chi connectivity index (χ4v) is 0.838. The molecule has 0 spiro atoms. The Balaban J connectivity index is 3.57. The van der Waals surface area contributed by atoms with E-state index in [1.807, 2.05) is 0 Å². The van der Waals surface area contributed by atoms with Crippen LogP contribution in [-0.4, -0.2) is 49.8 Å². The molecule has 0 unspecified atom stereocenters. The molecule has 0 rings (SSSR count). The number of carbonyl (C=O) groups excluding carboxylic acids is 2. The van der Waals surface area contributed by atoms with Crippen LogP contribution >= 0.6 is 0 Å². The lowest BCUT2D eigenvalue weighted by atomic mass is 10.2. The van der Waals surface area contributed by atoms with Gasteiger partial charge in [-0.3, -0.25) is 9.59 Å². The van der Waals surface area contributed by atoms with Crippen LogP contribution < -0.4 is 0 Å². The zero-order valence-electron chi connectivity index (χ0n) is 8.83. The Hall–Kier alpha value is -1.06. The quantitative estimate of drug-likeness (QED) is 0.635. The monoisotopic (exact) mass is 186 g/mol. The van der Waals surface area contributed by atoms with Crippen molar-refractivity contribution in [3.05, 3.63) is 0 Å². The standard InChI is InChI=1S/C9H18N2O2/c1-10(2)8(12)6-5-7-9(13)11(3)4/h5-7H2,1-4H3. The SMILES string of the molecule is CN(C)C(=O)CCCC(=O)N(C)C. The molecule has 2 amide bonds. The number of rotatable bonds is 4. The van der Waals surface area contributed by atoms with Gasteiger partial charge in [0.05, 0.1) is 0 Å². The first kappa shape index (κ1) is 11.9. The van der Waals surface area contributed by atoms with Gasteiger partial charge in [-0.05, 0) is 6.42 Å². The third-order valence-electron chi connectivity index (χ3n) is 1.78. The molecule has 0 saturated carbocycles. The van der Waals surface area contributed by atoms with Crippen LogP contribution in [0, 0.1) is 0 Å². The van der Waals surface area contributed by atoms with Crippen LogP contribution in [-0.2, 0) is 9.59 Å². The summed E-state index contributed by atoms with van der Waals surface area (Å²) in [5.74, 6) is 0.151. The van der Waals surface area contributed by atoms with Gasteiger partial charge >= 0.3 is 0 Å². The summed E-state index contributed by atoms with van der Waals surface area (Å²) in [6.45, 7) is 0. The van der Waals surface area contributed by atoms with E-state index in [0.29, 0.717) is 19.3 Å². The predicted octanol–water partition coefficient (Wildman–Crippen LogP) is 0.333. The molecule has 0 saturated heterocycles. The highest BCUT2D eigenvalue weighted by atomic mass is 16.2. The Kier molecular flexibility index (Phi) is 5.11. The highest BCUT2D eigenvalue weighted by Gasteiger charge is 2.07. The van der Waals surface area contributed by atoms with Crippen LogP contribution in [0.3, 0.4) is 0 Å². The molecule has 76 valence electrons. The molecule has 0 aromatic rings. The lowest BCUT2D eigenvalue weighted by molar-refractivity contribution is -0.130. The van der Waals surface area contributed by atoms with Gasteiger partial charge < -0.3 is 9.80 Å². The average Bonchev–Trinajstić information content (AvgIpc) is 2.03. The molecule has 0 heterocycles. The van der Waals surface area contributed by atoms with E-state index in [1.54, 1.807) is 38.0 Å². The lowest BCUT2D eigenvalue weighted by Gasteiger charge is -2.11. The summed E-state index contributed by atoms with van der Waals surface area (Å²) in [7, 11) is 6.87. The van der Waals surface area contributed by atoms with Crippen LogP contribution in [0.4, 0.5) is 0 Å². The van der Waals surface area contributed by atoms with Crippen molar-refractivity contribution < 1.29 is 9.59 Å². The summed E-state index contributed by atoms with van der Waals surface area (Å²) in [5, 5.41) is 0. The number of nitrogens with zero attached hydrogens (tertiary/aromatic N) is 2. The molecule has 4 heteroatoms. The van der Waals surface area contributed by atoms with Crippen molar-refractivity contribution >= 4 is 11.8 Å². The minimum absolute atomic E-state index is 0.0755. The second kappa shape index (κ2) is 5.56. The van der Waals surface area contributed by atoms with E-state index in [4.69, 9.17) is 0 Å². The maximum Gasteiger partial charge on any atom is 0.222 e. The normalized spacial score (nSPS) is 9.54. The first-order valence-corrected chi connectivity index (χ1v) is 4.35. The van der Waals surface area contributed by atoms with E-state index in [0.717, 1.165) is 0 Å². The summed E-state index contributed by atoms with van der Waals surface area (Å²) in [4.78, 5) is 25.3. The van der Waals surface area contributed by atoms with Gasteiger partial charge in [0.25, 0.3) is 0 Å². The number of hydrogen-bond donors (Lipinski definition) is 0. The third kappa shape index (κ3) is 5.22. The molecule has 0 aromatic heterocycles.